The molecule has 0 aliphatic carbocycles. The van der Waals surface area contributed by atoms with Gasteiger partial charge in [-0.05, 0) is 24.0 Å². The van der Waals surface area contributed by atoms with Crippen LogP contribution in [-0.4, -0.2) is 11.7 Å². The lowest BCUT2D eigenvalue weighted by Crippen LogP contribution is -2.13. The lowest BCUT2D eigenvalue weighted by molar-refractivity contribution is 0.276. The maximum absolute atomic E-state index is 8.78. The molecule has 3 N–H and O–H groups in total. The summed E-state index contributed by atoms with van der Waals surface area (Å²) in [6, 6.07) is 8.12. The molecule has 13 heavy (non-hydrogen) atoms. The molecule has 0 fully saturated rings. The lowest BCUT2D eigenvalue weighted by atomic mass is 9.97. The molecule has 0 unspecified atom stereocenters. The second-order valence-electron chi connectivity index (χ2n) is 3.17. The number of hydrogen-bond donors (Lipinski definition) is 2. The van der Waals surface area contributed by atoms with Gasteiger partial charge in [-0.25, -0.2) is 0 Å². The highest BCUT2D eigenvalue weighted by molar-refractivity contribution is 5.29. The summed E-state index contributed by atoms with van der Waals surface area (Å²) in [5.41, 5.74) is 8.37. The van der Waals surface area contributed by atoms with Gasteiger partial charge in [-0.3, -0.25) is 0 Å². The van der Waals surface area contributed by atoms with Crippen LogP contribution in [0.3, 0.4) is 0 Å². The van der Waals surface area contributed by atoms with Crippen molar-refractivity contribution in [2.45, 2.75) is 25.8 Å². The monoisotopic (exact) mass is 179 g/mol. The second kappa shape index (κ2) is 5.00. The number of hydrogen-bond acceptors (Lipinski definition) is 2. The predicted octanol–water partition coefficient (Wildman–Crippen LogP) is 1.63. The van der Waals surface area contributed by atoms with Gasteiger partial charge in [0, 0.05) is 12.6 Å². The van der Waals surface area contributed by atoms with E-state index in [2.05, 4.69) is 13.0 Å². The zero-order chi connectivity index (χ0) is 9.68. The number of nitrogens with two attached hydrogens (primary N) is 1. The number of aliphatic hydroxyl groups is 1. The van der Waals surface area contributed by atoms with Crippen molar-refractivity contribution in [2.75, 3.05) is 6.61 Å². The quantitative estimate of drug-likeness (QED) is 0.738. The molecule has 0 saturated carbocycles. The number of aryl methyl sites for hydroxylation is 1. The van der Waals surface area contributed by atoms with Gasteiger partial charge in [-0.1, -0.05) is 31.2 Å². The van der Waals surface area contributed by atoms with Crippen LogP contribution in [0, 0.1) is 0 Å². The molecule has 2 heteroatoms. The van der Waals surface area contributed by atoms with Gasteiger partial charge in [0.15, 0.2) is 0 Å². The number of rotatable bonds is 4. The summed E-state index contributed by atoms with van der Waals surface area (Å²) in [5, 5.41) is 8.78. The zero-order valence-corrected chi connectivity index (χ0v) is 8.03. The van der Waals surface area contributed by atoms with E-state index in [0.29, 0.717) is 6.42 Å². The fourth-order valence-corrected chi connectivity index (χ4v) is 1.51. The Morgan fingerprint density at radius 2 is 2.08 bits per heavy atom. The van der Waals surface area contributed by atoms with Gasteiger partial charge >= 0.3 is 0 Å². The van der Waals surface area contributed by atoms with Crippen molar-refractivity contribution in [3.05, 3.63) is 35.4 Å². The zero-order valence-electron chi connectivity index (χ0n) is 8.03. The SMILES string of the molecule is CCc1ccccc1[C@H](N)CCO. The molecular weight excluding hydrogens is 162 g/mol. The molecule has 72 valence electrons. The molecule has 0 aromatic heterocycles. The van der Waals surface area contributed by atoms with E-state index in [1.807, 2.05) is 18.2 Å². The number of benzene rings is 1. The molecular formula is C11H17NO. The normalized spacial score (nSPS) is 12.8. The molecule has 1 rings (SSSR count). The van der Waals surface area contributed by atoms with Gasteiger partial charge in [0.2, 0.25) is 0 Å². The molecule has 1 aromatic carbocycles. The van der Waals surface area contributed by atoms with Gasteiger partial charge in [0.25, 0.3) is 0 Å². The molecule has 0 saturated heterocycles. The van der Waals surface area contributed by atoms with Gasteiger partial charge in [-0.2, -0.15) is 0 Å². The molecule has 1 atom stereocenters. The molecule has 0 aliphatic rings. The molecule has 0 radical (unpaired) electrons. The average Bonchev–Trinajstić information content (AvgIpc) is 2.18. The van der Waals surface area contributed by atoms with Crippen molar-refractivity contribution in [1.82, 2.24) is 0 Å². The van der Waals surface area contributed by atoms with E-state index in [4.69, 9.17) is 10.8 Å². The van der Waals surface area contributed by atoms with Gasteiger partial charge in [0.1, 0.15) is 0 Å². The van der Waals surface area contributed by atoms with Crippen molar-refractivity contribution in [3.8, 4) is 0 Å². The first kappa shape index (κ1) is 10.2. The Bertz CT molecular complexity index is 260. The van der Waals surface area contributed by atoms with Crippen LogP contribution in [0.5, 0.6) is 0 Å². The van der Waals surface area contributed by atoms with Gasteiger partial charge in [0.05, 0.1) is 0 Å². The van der Waals surface area contributed by atoms with Crippen LogP contribution < -0.4 is 5.73 Å². The Morgan fingerprint density at radius 1 is 1.38 bits per heavy atom. The minimum Gasteiger partial charge on any atom is -0.396 e. The highest BCUT2D eigenvalue weighted by atomic mass is 16.3. The van der Waals surface area contributed by atoms with E-state index in [-0.39, 0.29) is 12.6 Å². The predicted molar refractivity (Wildman–Crippen MR) is 54.5 cm³/mol. The smallest absolute Gasteiger partial charge is 0.0449 e. The first-order chi connectivity index (χ1) is 6.29. The van der Waals surface area contributed by atoms with Crippen molar-refractivity contribution >= 4 is 0 Å². The fourth-order valence-electron chi connectivity index (χ4n) is 1.51. The third-order valence-electron chi connectivity index (χ3n) is 2.28. The van der Waals surface area contributed by atoms with Crippen LogP contribution in [0.15, 0.2) is 24.3 Å². The van der Waals surface area contributed by atoms with Crippen LogP contribution in [0.25, 0.3) is 0 Å². The Balaban J connectivity index is 2.85. The molecule has 2 nitrogen and oxygen atoms in total. The molecule has 1 aromatic rings. The summed E-state index contributed by atoms with van der Waals surface area (Å²) >= 11 is 0. The van der Waals surface area contributed by atoms with Crippen LogP contribution in [-0.2, 0) is 6.42 Å². The Labute approximate surface area is 79.4 Å². The standard InChI is InChI=1S/C11H17NO/c1-2-9-5-3-4-6-10(9)11(12)7-8-13/h3-6,11,13H,2,7-8,12H2,1H3/t11-/m1/s1. The van der Waals surface area contributed by atoms with Crippen molar-refractivity contribution in [1.29, 1.82) is 0 Å². The molecule has 0 bridgehead atoms. The van der Waals surface area contributed by atoms with Crippen LogP contribution in [0.2, 0.25) is 0 Å². The highest BCUT2D eigenvalue weighted by Gasteiger charge is 2.07. The summed E-state index contributed by atoms with van der Waals surface area (Å²) in [4.78, 5) is 0. The second-order valence-corrected chi connectivity index (χ2v) is 3.17. The summed E-state index contributed by atoms with van der Waals surface area (Å²) in [6.07, 6.45) is 1.63. The Morgan fingerprint density at radius 3 is 2.69 bits per heavy atom. The average molecular weight is 179 g/mol. The van der Waals surface area contributed by atoms with Gasteiger partial charge < -0.3 is 10.8 Å². The third kappa shape index (κ3) is 2.54. The van der Waals surface area contributed by atoms with Crippen LogP contribution in [0.4, 0.5) is 0 Å². The lowest BCUT2D eigenvalue weighted by Gasteiger charge is -2.14. The first-order valence-corrected chi connectivity index (χ1v) is 4.73. The Hall–Kier alpha value is -0.860. The molecule has 0 spiro atoms. The first-order valence-electron chi connectivity index (χ1n) is 4.73. The minimum atomic E-state index is -0.0267. The van der Waals surface area contributed by atoms with Crippen molar-refractivity contribution < 1.29 is 5.11 Å². The van der Waals surface area contributed by atoms with Gasteiger partial charge in [-0.15, -0.1) is 0 Å². The third-order valence-corrected chi connectivity index (χ3v) is 2.28. The van der Waals surface area contributed by atoms with E-state index in [1.165, 1.54) is 11.1 Å². The molecule has 0 aliphatic heterocycles. The summed E-state index contributed by atoms with van der Waals surface area (Å²) < 4.78 is 0. The molecule has 0 heterocycles. The van der Waals surface area contributed by atoms with Crippen LogP contribution in [0.1, 0.15) is 30.5 Å². The Kier molecular flexibility index (Phi) is 3.93. The van der Waals surface area contributed by atoms with E-state index in [0.717, 1.165) is 6.42 Å². The van der Waals surface area contributed by atoms with Crippen molar-refractivity contribution in [2.24, 2.45) is 5.73 Å². The van der Waals surface area contributed by atoms with E-state index in [9.17, 15) is 0 Å². The summed E-state index contributed by atoms with van der Waals surface area (Å²) in [5.74, 6) is 0. The maximum atomic E-state index is 8.78. The maximum Gasteiger partial charge on any atom is 0.0449 e. The molecule has 0 amide bonds. The van der Waals surface area contributed by atoms with Crippen LogP contribution >= 0.6 is 0 Å². The minimum absolute atomic E-state index is 0.0267. The largest absolute Gasteiger partial charge is 0.396 e. The van der Waals surface area contributed by atoms with E-state index < -0.39 is 0 Å². The topological polar surface area (TPSA) is 46.2 Å². The fraction of sp³-hybridized carbons (Fsp3) is 0.455. The van der Waals surface area contributed by atoms with E-state index in [1.54, 1.807) is 0 Å². The van der Waals surface area contributed by atoms with E-state index >= 15 is 0 Å². The summed E-state index contributed by atoms with van der Waals surface area (Å²) in [6.45, 7) is 2.27. The summed E-state index contributed by atoms with van der Waals surface area (Å²) in [7, 11) is 0. The number of aliphatic hydroxyl groups excluding tert-OH is 1. The highest BCUT2D eigenvalue weighted by Crippen LogP contribution is 2.18. The van der Waals surface area contributed by atoms with Crippen molar-refractivity contribution in [3.63, 3.8) is 0 Å².